The van der Waals surface area contributed by atoms with Crippen LogP contribution < -0.4 is 5.32 Å². The molecule has 1 heterocycles. The fraction of sp³-hybridized carbons (Fsp3) is 0.600. The summed E-state index contributed by atoms with van der Waals surface area (Å²) in [5.74, 6) is 0.844. The third-order valence-corrected chi connectivity index (χ3v) is 2.76. The van der Waals surface area contributed by atoms with E-state index in [0.29, 0.717) is 6.04 Å². The van der Waals surface area contributed by atoms with Crippen molar-refractivity contribution in [1.82, 2.24) is 5.32 Å². The summed E-state index contributed by atoms with van der Waals surface area (Å²) in [5.41, 5.74) is 1.61. The molecule has 2 rings (SSSR count). The number of rotatable bonds is 0. The lowest BCUT2D eigenvalue weighted by atomic mass is 9.82. The van der Waals surface area contributed by atoms with Gasteiger partial charge in [-0.25, -0.2) is 0 Å². The zero-order valence-corrected chi connectivity index (χ0v) is 7.01. The number of hydrogen-bond acceptors (Lipinski definition) is 1. The van der Waals surface area contributed by atoms with Crippen LogP contribution >= 0.6 is 0 Å². The zero-order valence-electron chi connectivity index (χ0n) is 7.01. The Kier molecular flexibility index (Phi) is 1.82. The highest BCUT2D eigenvalue weighted by Gasteiger charge is 2.23. The molecule has 1 nitrogen and oxygen atoms in total. The van der Waals surface area contributed by atoms with Crippen molar-refractivity contribution in [1.29, 1.82) is 0 Å². The molecule has 11 heavy (non-hydrogen) atoms. The van der Waals surface area contributed by atoms with Crippen molar-refractivity contribution in [2.75, 3.05) is 6.54 Å². The van der Waals surface area contributed by atoms with Crippen LogP contribution in [0.1, 0.15) is 19.8 Å². The molecule has 0 radical (unpaired) electrons. The van der Waals surface area contributed by atoms with Crippen LogP contribution in [0.15, 0.2) is 23.8 Å². The summed E-state index contributed by atoms with van der Waals surface area (Å²) in [6, 6.07) is 0.610. The Morgan fingerprint density at radius 3 is 3.27 bits per heavy atom. The number of allylic oxidation sites excluding steroid dienone is 3. The van der Waals surface area contributed by atoms with Crippen molar-refractivity contribution in [3.8, 4) is 0 Å². The van der Waals surface area contributed by atoms with Gasteiger partial charge in [-0.3, -0.25) is 0 Å². The summed E-state index contributed by atoms with van der Waals surface area (Å²) in [7, 11) is 0. The van der Waals surface area contributed by atoms with Crippen LogP contribution in [-0.2, 0) is 0 Å². The second kappa shape index (κ2) is 2.82. The molecule has 0 amide bonds. The van der Waals surface area contributed by atoms with Gasteiger partial charge in [0.1, 0.15) is 0 Å². The van der Waals surface area contributed by atoms with Gasteiger partial charge >= 0.3 is 0 Å². The van der Waals surface area contributed by atoms with E-state index in [1.165, 1.54) is 19.4 Å². The van der Waals surface area contributed by atoms with E-state index in [1.54, 1.807) is 5.57 Å². The Morgan fingerprint density at radius 1 is 1.55 bits per heavy atom. The first-order chi connectivity index (χ1) is 5.38. The van der Waals surface area contributed by atoms with Gasteiger partial charge in [-0.15, -0.1) is 0 Å². The number of hydrogen-bond donors (Lipinski definition) is 1. The minimum absolute atomic E-state index is 0.610. The smallest absolute Gasteiger partial charge is 0.0257 e. The van der Waals surface area contributed by atoms with Crippen LogP contribution in [0.25, 0.3) is 0 Å². The molecule has 2 aliphatic rings. The fourth-order valence-electron chi connectivity index (χ4n) is 2.07. The number of fused-ring (bicyclic) bond motifs is 1. The monoisotopic (exact) mass is 149 g/mol. The Labute approximate surface area is 68.2 Å². The maximum Gasteiger partial charge on any atom is 0.0257 e. The topological polar surface area (TPSA) is 12.0 Å². The third kappa shape index (κ3) is 1.25. The molecule has 1 N–H and O–H groups in total. The summed E-state index contributed by atoms with van der Waals surface area (Å²) in [6.45, 7) is 3.45. The highest BCUT2D eigenvalue weighted by atomic mass is 14.9. The highest BCUT2D eigenvalue weighted by molar-refractivity contribution is 5.26. The average molecular weight is 149 g/mol. The molecule has 0 aromatic heterocycles. The van der Waals surface area contributed by atoms with E-state index in [4.69, 9.17) is 0 Å². The molecular weight excluding hydrogens is 134 g/mol. The van der Waals surface area contributed by atoms with E-state index in [-0.39, 0.29) is 0 Å². The summed E-state index contributed by atoms with van der Waals surface area (Å²) in [5, 5.41) is 3.48. The molecule has 0 aromatic carbocycles. The van der Waals surface area contributed by atoms with Crippen molar-refractivity contribution in [3.05, 3.63) is 23.8 Å². The molecule has 1 heteroatoms. The quantitative estimate of drug-likeness (QED) is 0.554. The van der Waals surface area contributed by atoms with Crippen molar-refractivity contribution >= 4 is 0 Å². The van der Waals surface area contributed by atoms with E-state index in [9.17, 15) is 0 Å². The highest BCUT2D eigenvalue weighted by Crippen LogP contribution is 2.28. The van der Waals surface area contributed by atoms with Crippen LogP contribution in [0.4, 0.5) is 0 Å². The summed E-state index contributed by atoms with van der Waals surface area (Å²) >= 11 is 0. The van der Waals surface area contributed by atoms with E-state index >= 15 is 0 Å². The van der Waals surface area contributed by atoms with Gasteiger partial charge in [0.05, 0.1) is 0 Å². The minimum Gasteiger partial charge on any atom is -0.310 e. The lowest BCUT2D eigenvalue weighted by Crippen LogP contribution is -2.38. The van der Waals surface area contributed by atoms with Gasteiger partial charge in [0.15, 0.2) is 0 Å². The molecule has 0 spiro atoms. The van der Waals surface area contributed by atoms with Gasteiger partial charge in [-0.2, -0.15) is 0 Å². The molecule has 0 bridgehead atoms. The molecular formula is C10H15N. The third-order valence-electron chi connectivity index (χ3n) is 2.76. The normalized spacial score (nSPS) is 36.3. The predicted octanol–water partition coefficient (Wildman–Crippen LogP) is 1.87. The Bertz CT molecular complexity index is 203. The first-order valence-corrected chi connectivity index (χ1v) is 4.48. The van der Waals surface area contributed by atoms with E-state index in [0.717, 1.165) is 5.92 Å². The maximum atomic E-state index is 3.48. The number of piperidine rings is 1. The summed E-state index contributed by atoms with van der Waals surface area (Å²) in [6.07, 6.45) is 9.34. The lowest BCUT2D eigenvalue weighted by Gasteiger charge is -2.32. The van der Waals surface area contributed by atoms with Gasteiger partial charge < -0.3 is 5.32 Å². The molecule has 60 valence electrons. The molecule has 0 aromatic rings. The van der Waals surface area contributed by atoms with Gasteiger partial charge in [0.25, 0.3) is 0 Å². The molecule has 0 saturated carbocycles. The van der Waals surface area contributed by atoms with Crippen molar-refractivity contribution in [2.45, 2.75) is 25.8 Å². The summed E-state index contributed by atoms with van der Waals surface area (Å²) in [4.78, 5) is 0. The van der Waals surface area contributed by atoms with Crippen molar-refractivity contribution < 1.29 is 0 Å². The van der Waals surface area contributed by atoms with Gasteiger partial charge in [-0.05, 0) is 32.2 Å². The standard InChI is InChI=1S/C10H15N/c1-8-10-5-3-2-4-9(10)6-7-11-8/h2-3,5,8-9,11H,4,6-7H2,1H3. The fourth-order valence-corrected chi connectivity index (χ4v) is 2.07. The van der Waals surface area contributed by atoms with Gasteiger partial charge in [0, 0.05) is 6.04 Å². The Balaban J connectivity index is 2.20. The second-order valence-corrected chi connectivity index (χ2v) is 3.49. The molecule has 2 unspecified atom stereocenters. The van der Waals surface area contributed by atoms with Crippen molar-refractivity contribution in [3.63, 3.8) is 0 Å². The van der Waals surface area contributed by atoms with Crippen LogP contribution in [0.2, 0.25) is 0 Å². The van der Waals surface area contributed by atoms with Gasteiger partial charge in [-0.1, -0.05) is 23.8 Å². The van der Waals surface area contributed by atoms with E-state index < -0.39 is 0 Å². The van der Waals surface area contributed by atoms with E-state index in [1.807, 2.05) is 0 Å². The molecule has 2 atom stereocenters. The van der Waals surface area contributed by atoms with Gasteiger partial charge in [0.2, 0.25) is 0 Å². The SMILES string of the molecule is CC1NCCC2CC=CC=C21. The molecule has 1 saturated heterocycles. The molecule has 1 aliphatic carbocycles. The van der Waals surface area contributed by atoms with Crippen LogP contribution in [0, 0.1) is 5.92 Å². The Morgan fingerprint density at radius 2 is 2.45 bits per heavy atom. The average Bonchev–Trinajstić information content (AvgIpc) is 2.06. The first kappa shape index (κ1) is 7.11. The predicted molar refractivity (Wildman–Crippen MR) is 47.4 cm³/mol. The Hall–Kier alpha value is -0.560. The van der Waals surface area contributed by atoms with Crippen molar-refractivity contribution in [2.24, 2.45) is 5.92 Å². The maximum absolute atomic E-state index is 3.48. The number of nitrogens with one attached hydrogen (secondary N) is 1. The van der Waals surface area contributed by atoms with Crippen LogP contribution in [-0.4, -0.2) is 12.6 Å². The lowest BCUT2D eigenvalue weighted by molar-refractivity contribution is 0.411. The second-order valence-electron chi connectivity index (χ2n) is 3.49. The first-order valence-electron chi connectivity index (χ1n) is 4.48. The largest absolute Gasteiger partial charge is 0.310 e. The van der Waals surface area contributed by atoms with Crippen LogP contribution in [0.5, 0.6) is 0 Å². The molecule has 1 aliphatic heterocycles. The minimum atomic E-state index is 0.610. The van der Waals surface area contributed by atoms with E-state index in [2.05, 4.69) is 30.5 Å². The molecule has 1 fully saturated rings. The summed E-state index contributed by atoms with van der Waals surface area (Å²) < 4.78 is 0. The zero-order chi connectivity index (χ0) is 7.68. The van der Waals surface area contributed by atoms with Crippen LogP contribution in [0.3, 0.4) is 0 Å².